The van der Waals surface area contributed by atoms with Gasteiger partial charge in [-0.1, -0.05) is 0 Å². The van der Waals surface area contributed by atoms with Crippen molar-refractivity contribution in [3.63, 3.8) is 0 Å². The number of hydrogen-bond acceptors (Lipinski definition) is 3. The van der Waals surface area contributed by atoms with E-state index in [-0.39, 0.29) is 5.82 Å². The molecule has 0 aliphatic carbocycles. The van der Waals surface area contributed by atoms with E-state index in [2.05, 4.69) is 10.1 Å². The molecule has 0 aliphatic heterocycles. The summed E-state index contributed by atoms with van der Waals surface area (Å²) >= 11 is 0. The summed E-state index contributed by atoms with van der Waals surface area (Å²) in [6.07, 6.45) is -1.26. The number of carboxylic acids is 1. The summed E-state index contributed by atoms with van der Waals surface area (Å²) < 4.78 is 40.0. The standard InChI is InChI=1S/C9H7F3N4O2/c1-15-3-6(13-4-15)16-2-5(8(17)18)7(14-16)9(10,11)12/h2-4H,1H3,(H,17,18). The molecule has 2 aromatic heterocycles. The second-order valence-electron chi connectivity index (χ2n) is 3.54. The number of imidazole rings is 1. The fourth-order valence-corrected chi connectivity index (χ4v) is 1.37. The molecule has 6 nitrogen and oxygen atoms in total. The first-order valence-electron chi connectivity index (χ1n) is 4.67. The smallest absolute Gasteiger partial charge is 0.436 e. The van der Waals surface area contributed by atoms with Gasteiger partial charge in [0, 0.05) is 19.4 Å². The summed E-state index contributed by atoms with van der Waals surface area (Å²) in [5.74, 6) is -1.58. The Morgan fingerprint density at radius 3 is 2.44 bits per heavy atom. The molecule has 2 rings (SSSR count). The first-order valence-corrected chi connectivity index (χ1v) is 4.67. The van der Waals surface area contributed by atoms with Crippen molar-refractivity contribution >= 4 is 5.97 Å². The molecular formula is C9H7F3N4O2. The number of aromatic carboxylic acids is 1. The lowest BCUT2D eigenvalue weighted by molar-refractivity contribution is -0.141. The van der Waals surface area contributed by atoms with E-state index < -0.39 is 23.4 Å². The number of halogens is 3. The van der Waals surface area contributed by atoms with Crippen molar-refractivity contribution in [1.29, 1.82) is 0 Å². The quantitative estimate of drug-likeness (QED) is 0.883. The van der Waals surface area contributed by atoms with Crippen LogP contribution in [0.4, 0.5) is 13.2 Å². The Hall–Kier alpha value is -2.32. The average Bonchev–Trinajstić information content (AvgIpc) is 2.81. The van der Waals surface area contributed by atoms with Crippen molar-refractivity contribution < 1.29 is 23.1 Å². The Labute approximate surface area is 98.3 Å². The predicted octanol–water partition coefficient (Wildman–Crippen LogP) is 1.32. The lowest BCUT2D eigenvalue weighted by Crippen LogP contribution is -2.12. The Kier molecular flexibility index (Phi) is 2.60. The zero-order valence-corrected chi connectivity index (χ0v) is 9.01. The van der Waals surface area contributed by atoms with Gasteiger partial charge in [-0.3, -0.25) is 0 Å². The van der Waals surface area contributed by atoms with Crippen LogP contribution in [0, 0.1) is 0 Å². The van der Waals surface area contributed by atoms with Gasteiger partial charge in [-0.2, -0.15) is 18.3 Å². The van der Waals surface area contributed by atoms with Crippen molar-refractivity contribution in [2.75, 3.05) is 0 Å². The van der Waals surface area contributed by atoms with E-state index in [4.69, 9.17) is 5.11 Å². The summed E-state index contributed by atoms with van der Waals surface area (Å²) in [5, 5.41) is 11.9. The van der Waals surface area contributed by atoms with Crippen LogP contribution < -0.4 is 0 Å². The molecule has 0 spiro atoms. The van der Waals surface area contributed by atoms with E-state index in [1.54, 1.807) is 7.05 Å². The van der Waals surface area contributed by atoms with Crippen LogP contribution in [0.5, 0.6) is 0 Å². The summed E-state index contributed by atoms with van der Waals surface area (Å²) in [7, 11) is 1.63. The molecule has 18 heavy (non-hydrogen) atoms. The topological polar surface area (TPSA) is 72.9 Å². The van der Waals surface area contributed by atoms with Gasteiger partial charge < -0.3 is 9.67 Å². The zero-order valence-electron chi connectivity index (χ0n) is 9.01. The Bertz CT molecular complexity index is 599. The number of carboxylic acid groups (broad SMARTS) is 1. The molecule has 0 saturated heterocycles. The normalized spacial score (nSPS) is 11.8. The Morgan fingerprint density at radius 1 is 1.39 bits per heavy atom. The summed E-state index contributed by atoms with van der Waals surface area (Å²) in [4.78, 5) is 14.5. The van der Waals surface area contributed by atoms with E-state index in [9.17, 15) is 18.0 Å². The summed E-state index contributed by atoms with van der Waals surface area (Å²) in [6, 6.07) is 0. The number of aromatic nitrogens is 4. The zero-order chi connectivity index (χ0) is 13.5. The van der Waals surface area contributed by atoms with E-state index in [0.29, 0.717) is 0 Å². The van der Waals surface area contributed by atoms with Crippen LogP contribution in [0.25, 0.3) is 5.82 Å². The van der Waals surface area contributed by atoms with Crippen LogP contribution in [-0.2, 0) is 13.2 Å². The van der Waals surface area contributed by atoms with E-state index >= 15 is 0 Å². The summed E-state index contributed by atoms with van der Waals surface area (Å²) in [5.41, 5.74) is -2.35. The maximum atomic E-state index is 12.6. The molecule has 0 radical (unpaired) electrons. The SMILES string of the molecule is Cn1cnc(-n2cc(C(=O)O)c(C(F)(F)F)n2)c1. The molecular weight excluding hydrogens is 253 g/mol. The lowest BCUT2D eigenvalue weighted by Gasteiger charge is -2.02. The third kappa shape index (κ3) is 2.06. The molecule has 0 bridgehead atoms. The van der Waals surface area contributed by atoms with Crippen LogP contribution >= 0.6 is 0 Å². The van der Waals surface area contributed by atoms with Crippen molar-refractivity contribution in [2.45, 2.75) is 6.18 Å². The minimum Gasteiger partial charge on any atom is -0.478 e. The molecule has 0 amide bonds. The van der Waals surface area contributed by atoms with Gasteiger partial charge in [0.15, 0.2) is 11.5 Å². The van der Waals surface area contributed by atoms with Gasteiger partial charge in [0.1, 0.15) is 5.56 Å². The highest BCUT2D eigenvalue weighted by atomic mass is 19.4. The van der Waals surface area contributed by atoms with Gasteiger partial charge >= 0.3 is 12.1 Å². The fourth-order valence-electron chi connectivity index (χ4n) is 1.37. The molecule has 0 atom stereocenters. The maximum absolute atomic E-state index is 12.6. The van der Waals surface area contributed by atoms with Crippen LogP contribution in [-0.4, -0.2) is 30.4 Å². The van der Waals surface area contributed by atoms with Crippen molar-refractivity contribution in [3.05, 3.63) is 30.0 Å². The number of carbonyl (C=O) groups is 1. The minimum atomic E-state index is -4.83. The van der Waals surface area contributed by atoms with Gasteiger partial charge in [-0.15, -0.1) is 0 Å². The molecule has 96 valence electrons. The number of aryl methyl sites for hydroxylation is 1. The van der Waals surface area contributed by atoms with Crippen molar-refractivity contribution in [1.82, 2.24) is 19.3 Å². The van der Waals surface area contributed by atoms with E-state index in [0.717, 1.165) is 10.9 Å². The molecule has 0 aliphatic rings. The predicted molar refractivity (Wildman–Crippen MR) is 52.3 cm³/mol. The summed E-state index contributed by atoms with van der Waals surface area (Å²) in [6.45, 7) is 0. The van der Waals surface area contributed by atoms with Crippen molar-refractivity contribution in [2.24, 2.45) is 7.05 Å². The lowest BCUT2D eigenvalue weighted by atomic mass is 10.2. The molecule has 0 saturated carbocycles. The largest absolute Gasteiger partial charge is 0.478 e. The number of nitrogens with zero attached hydrogens (tertiary/aromatic N) is 4. The van der Waals surface area contributed by atoms with E-state index in [1.807, 2.05) is 0 Å². The monoisotopic (exact) mass is 260 g/mol. The van der Waals surface area contributed by atoms with Crippen LogP contribution in [0.15, 0.2) is 18.7 Å². The number of rotatable bonds is 2. The Morgan fingerprint density at radius 2 is 2.06 bits per heavy atom. The molecule has 2 aromatic rings. The molecule has 1 N–H and O–H groups in total. The second kappa shape index (κ2) is 3.86. The van der Waals surface area contributed by atoms with Gasteiger partial charge in [-0.25, -0.2) is 14.5 Å². The van der Waals surface area contributed by atoms with Gasteiger partial charge in [-0.05, 0) is 0 Å². The highest BCUT2D eigenvalue weighted by molar-refractivity contribution is 5.88. The highest BCUT2D eigenvalue weighted by Crippen LogP contribution is 2.31. The molecule has 9 heteroatoms. The maximum Gasteiger partial charge on any atom is 0.436 e. The molecule has 2 heterocycles. The van der Waals surface area contributed by atoms with E-state index in [1.165, 1.54) is 17.1 Å². The van der Waals surface area contributed by atoms with Crippen LogP contribution in [0.2, 0.25) is 0 Å². The molecule has 0 unspecified atom stereocenters. The van der Waals surface area contributed by atoms with Gasteiger partial charge in [0.05, 0.1) is 6.33 Å². The third-order valence-electron chi connectivity index (χ3n) is 2.14. The average molecular weight is 260 g/mol. The molecule has 0 fully saturated rings. The third-order valence-corrected chi connectivity index (χ3v) is 2.14. The van der Waals surface area contributed by atoms with Gasteiger partial charge in [0.2, 0.25) is 0 Å². The first-order chi connectivity index (χ1) is 8.29. The molecule has 0 aromatic carbocycles. The number of hydrogen-bond donors (Lipinski definition) is 1. The Balaban J connectivity index is 2.56. The van der Waals surface area contributed by atoms with Gasteiger partial charge in [0.25, 0.3) is 0 Å². The second-order valence-corrected chi connectivity index (χ2v) is 3.54. The fraction of sp³-hybridized carbons (Fsp3) is 0.222. The first kappa shape index (κ1) is 12.1. The minimum absolute atomic E-state index is 0.107. The van der Waals surface area contributed by atoms with Crippen LogP contribution in [0.3, 0.4) is 0 Å². The van der Waals surface area contributed by atoms with Crippen LogP contribution in [0.1, 0.15) is 16.1 Å². The number of alkyl halides is 3. The van der Waals surface area contributed by atoms with Crippen molar-refractivity contribution in [3.8, 4) is 5.82 Å². The highest BCUT2D eigenvalue weighted by Gasteiger charge is 2.39.